The molecule has 0 aromatic heterocycles. The Kier molecular flexibility index (Phi) is 4.97. The van der Waals surface area contributed by atoms with Gasteiger partial charge in [0.15, 0.2) is 0 Å². The second kappa shape index (κ2) is 6.50. The first-order valence-corrected chi connectivity index (χ1v) is 6.88. The lowest BCUT2D eigenvalue weighted by molar-refractivity contribution is -0.125. The molecule has 4 unspecified atom stereocenters. The normalized spacial score (nSPS) is 32.9. The summed E-state index contributed by atoms with van der Waals surface area (Å²) in [4.78, 5) is 11.9. The van der Waals surface area contributed by atoms with E-state index in [1.807, 2.05) is 0 Å². The van der Waals surface area contributed by atoms with E-state index in [1.54, 1.807) is 7.11 Å². The molecule has 0 radical (unpaired) electrons. The van der Waals surface area contributed by atoms with Crippen LogP contribution in [0.2, 0.25) is 0 Å². The molecule has 2 aliphatic rings. The maximum atomic E-state index is 11.9. The van der Waals surface area contributed by atoms with Crippen molar-refractivity contribution in [3.05, 3.63) is 0 Å². The van der Waals surface area contributed by atoms with Crippen molar-refractivity contribution in [2.24, 2.45) is 11.7 Å². The highest BCUT2D eigenvalue weighted by atomic mass is 16.5. The highest BCUT2D eigenvalue weighted by molar-refractivity contribution is 5.76. The van der Waals surface area contributed by atoms with E-state index in [4.69, 9.17) is 15.2 Å². The number of rotatable bonds is 5. The van der Waals surface area contributed by atoms with E-state index in [2.05, 4.69) is 5.32 Å². The average molecular weight is 256 g/mol. The molecule has 0 spiro atoms. The van der Waals surface area contributed by atoms with Crippen LogP contribution in [0.5, 0.6) is 0 Å². The molecule has 4 atom stereocenters. The Balaban J connectivity index is 1.82. The first kappa shape index (κ1) is 13.8. The van der Waals surface area contributed by atoms with Gasteiger partial charge >= 0.3 is 0 Å². The van der Waals surface area contributed by atoms with Gasteiger partial charge in [0.2, 0.25) is 5.91 Å². The molecule has 1 aliphatic carbocycles. The van der Waals surface area contributed by atoms with Crippen molar-refractivity contribution in [3.63, 3.8) is 0 Å². The Labute approximate surface area is 108 Å². The summed E-state index contributed by atoms with van der Waals surface area (Å²) >= 11 is 0. The van der Waals surface area contributed by atoms with Gasteiger partial charge in [-0.1, -0.05) is 0 Å². The summed E-state index contributed by atoms with van der Waals surface area (Å²) in [6.45, 7) is 1.22. The lowest BCUT2D eigenvalue weighted by atomic mass is 9.82. The van der Waals surface area contributed by atoms with Crippen molar-refractivity contribution < 1.29 is 14.3 Å². The molecule has 104 valence electrons. The maximum absolute atomic E-state index is 11.9. The predicted octanol–water partition coefficient (Wildman–Crippen LogP) is 0.424. The van der Waals surface area contributed by atoms with Crippen LogP contribution < -0.4 is 11.1 Å². The van der Waals surface area contributed by atoms with Gasteiger partial charge in [0.1, 0.15) is 0 Å². The van der Waals surface area contributed by atoms with E-state index in [-0.39, 0.29) is 18.1 Å². The van der Waals surface area contributed by atoms with E-state index in [9.17, 15) is 4.79 Å². The number of hydrogen-bond acceptors (Lipinski definition) is 4. The number of fused-ring (bicyclic) bond motifs is 1. The fourth-order valence-electron chi connectivity index (χ4n) is 3.09. The number of nitrogens with one attached hydrogen (secondary N) is 1. The Morgan fingerprint density at radius 2 is 2.33 bits per heavy atom. The quantitative estimate of drug-likeness (QED) is 0.748. The molecule has 5 heteroatoms. The van der Waals surface area contributed by atoms with Crippen molar-refractivity contribution in [2.75, 3.05) is 20.3 Å². The van der Waals surface area contributed by atoms with E-state index in [0.717, 1.165) is 32.3 Å². The summed E-state index contributed by atoms with van der Waals surface area (Å²) in [6, 6.07) is 0.272. The highest BCUT2D eigenvalue weighted by Gasteiger charge is 2.38. The summed E-state index contributed by atoms with van der Waals surface area (Å²) < 4.78 is 10.8. The summed E-state index contributed by atoms with van der Waals surface area (Å²) in [7, 11) is 1.59. The first-order chi connectivity index (χ1) is 8.74. The van der Waals surface area contributed by atoms with Crippen LogP contribution in [0.15, 0.2) is 0 Å². The number of carbonyl (C=O) groups is 1. The maximum Gasteiger partial charge on any atom is 0.222 e. The smallest absolute Gasteiger partial charge is 0.222 e. The van der Waals surface area contributed by atoms with Gasteiger partial charge in [-0.15, -0.1) is 0 Å². The zero-order chi connectivity index (χ0) is 13.0. The minimum absolute atomic E-state index is 0.0462. The van der Waals surface area contributed by atoms with Crippen molar-refractivity contribution in [1.29, 1.82) is 0 Å². The molecule has 0 aromatic rings. The number of nitrogens with two attached hydrogens (primary N) is 1. The molecular formula is C13H24N2O3. The van der Waals surface area contributed by atoms with Crippen molar-refractivity contribution in [3.8, 4) is 0 Å². The van der Waals surface area contributed by atoms with Crippen molar-refractivity contribution in [1.82, 2.24) is 5.32 Å². The second-order valence-electron chi connectivity index (χ2n) is 5.26. The monoisotopic (exact) mass is 256 g/mol. The van der Waals surface area contributed by atoms with Crippen LogP contribution in [0, 0.1) is 5.92 Å². The Morgan fingerprint density at radius 3 is 3.06 bits per heavy atom. The summed E-state index contributed by atoms with van der Waals surface area (Å²) in [5, 5.41) is 3.13. The zero-order valence-corrected chi connectivity index (χ0v) is 11.1. The Morgan fingerprint density at radius 1 is 1.50 bits per heavy atom. The van der Waals surface area contributed by atoms with Crippen LogP contribution >= 0.6 is 0 Å². The summed E-state index contributed by atoms with van der Waals surface area (Å²) in [5.74, 6) is 0.548. The number of carbonyl (C=O) groups excluding carboxylic acids is 1. The van der Waals surface area contributed by atoms with Crippen molar-refractivity contribution in [2.45, 2.75) is 50.4 Å². The third kappa shape index (κ3) is 3.22. The summed E-state index contributed by atoms with van der Waals surface area (Å²) in [5.41, 5.74) is 5.53. The Hall–Kier alpha value is -0.650. The molecule has 2 fully saturated rings. The van der Waals surface area contributed by atoms with Crippen LogP contribution in [0.3, 0.4) is 0 Å². The first-order valence-electron chi connectivity index (χ1n) is 6.88. The van der Waals surface area contributed by atoms with Gasteiger partial charge in [0.05, 0.1) is 18.6 Å². The fourth-order valence-corrected chi connectivity index (χ4v) is 3.09. The van der Waals surface area contributed by atoms with Crippen LogP contribution in [0.1, 0.15) is 32.1 Å². The van der Waals surface area contributed by atoms with Crippen LogP contribution in [0.25, 0.3) is 0 Å². The molecule has 0 bridgehead atoms. The predicted molar refractivity (Wildman–Crippen MR) is 68.1 cm³/mol. The van der Waals surface area contributed by atoms with Crippen LogP contribution in [-0.4, -0.2) is 44.4 Å². The second-order valence-corrected chi connectivity index (χ2v) is 5.26. The van der Waals surface area contributed by atoms with Crippen LogP contribution in [-0.2, 0) is 14.3 Å². The topological polar surface area (TPSA) is 73.6 Å². The molecule has 0 aromatic carbocycles. The number of ether oxygens (including phenoxy) is 2. The lowest BCUT2D eigenvalue weighted by Gasteiger charge is -2.33. The Bertz CT molecular complexity index is 281. The van der Waals surface area contributed by atoms with Gasteiger partial charge in [-0.25, -0.2) is 0 Å². The molecule has 1 amide bonds. The van der Waals surface area contributed by atoms with Gasteiger partial charge in [-0.2, -0.15) is 0 Å². The fraction of sp³-hybridized carbons (Fsp3) is 0.923. The third-order valence-electron chi connectivity index (χ3n) is 4.14. The van der Waals surface area contributed by atoms with Crippen LogP contribution in [0.4, 0.5) is 0 Å². The SMILES string of the molecule is COC(CN)CC(=O)NC1CCCC2OCCC12. The van der Waals surface area contributed by atoms with E-state index < -0.39 is 0 Å². The highest BCUT2D eigenvalue weighted by Crippen LogP contribution is 2.34. The van der Waals surface area contributed by atoms with Crippen molar-refractivity contribution >= 4 is 5.91 Å². The molecule has 5 nitrogen and oxygen atoms in total. The van der Waals surface area contributed by atoms with E-state index in [0.29, 0.717) is 25.0 Å². The third-order valence-corrected chi connectivity index (χ3v) is 4.14. The lowest BCUT2D eigenvalue weighted by Crippen LogP contribution is -2.46. The molecule has 1 saturated carbocycles. The molecule has 2 rings (SSSR count). The van der Waals surface area contributed by atoms with Gasteiger partial charge in [0.25, 0.3) is 0 Å². The largest absolute Gasteiger partial charge is 0.380 e. The molecule has 1 aliphatic heterocycles. The minimum atomic E-state index is -0.177. The van der Waals surface area contributed by atoms with Gasteiger partial charge in [-0.05, 0) is 25.7 Å². The minimum Gasteiger partial charge on any atom is -0.380 e. The number of hydrogen-bond donors (Lipinski definition) is 2. The zero-order valence-electron chi connectivity index (χ0n) is 11.1. The average Bonchev–Trinajstić information content (AvgIpc) is 2.85. The molecular weight excluding hydrogens is 232 g/mol. The molecule has 3 N–H and O–H groups in total. The number of amides is 1. The molecule has 1 heterocycles. The summed E-state index contributed by atoms with van der Waals surface area (Å²) in [6.07, 6.45) is 4.94. The van der Waals surface area contributed by atoms with Gasteiger partial charge in [0, 0.05) is 32.2 Å². The van der Waals surface area contributed by atoms with Gasteiger partial charge < -0.3 is 20.5 Å². The van der Waals surface area contributed by atoms with E-state index in [1.165, 1.54) is 0 Å². The molecule has 18 heavy (non-hydrogen) atoms. The van der Waals surface area contributed by atoms with Gasteiger partial charge in [-0.3, -0.25) is 4.79 Å². The standard InChI is InChI=1S/C13H24N2O3/c1-17-9(8-14)7-13(16)15-11-3-2-4-12-10(11)5-6-18-12/h9-12H,2-8,14H2,1H3,(H,15,16). The number of methoxy groups -OCH3 is 1. The van der Waals surface area contributed by atoms with E-state index >= 15 is 0 Å². The molecule has 1 saturated heterocycles.